The number of hydrogen-bond acceptors (Lipinski definition) is 1. The molecule has 0 N–H and O–H groups in total. The molecule has 0 heterocycles. The first-order valence-corrected chi connectivity index (χ1v) is 3.63. The van der Waals surface area contributed by atoms with Gasteiger partial charge in [0.15, 0.2) is 24.0 Å². The van der Waals surface area contributed by atoms with Crippen LogP contribution in [0.2, 0.25) is 0 Å². The third kappa shape index (κ3) is 3.34. The van der Waals surface area contributed by atoms with Gasteiger partial charge < -0.3 is 4.74 Å². The lowest BCUT2D eigenvalue weighted by atomic mass is 10.3. The minimum Gasteiger partial charge on any atom is -0.478 e. The minimum atomic E-state index is -4.72. The van der Waals surface area contributed by atoms with E-state index in [9.17, 15) is 26.3 Å². The first kappa shape index (κ1) is 11.7. The zero-order valence-electron chi connectivity index (χ0n) is 7.04. The van der Waals surface area contributed by atoms with Crippen LogP contribution in [-0.4, -0.2) is 12.8 Å². The summed E-state index contributed by atoms with van der Waals surface area (Å²) in [6.07, 6.45) is -4.72. The standard InChI is InChI=1S/C8H4F6O/c9-4-1-5(10)7(6(11)2-4)15-3-8(12,13)14/h1-2H,3H2. The van der Waals surface area contributed by atoms with E-state index in [1.54, 1.807) is 0 Å². The van der Waals surface area contributed by atoms with Crippen LogP contribution in [0, 0.1) is 17.5 Å². The summed E-state index contributed by atoms with van der Waals surface area (Å²) in [6.45, 7) is -1.84. The van der Waals surface area contributed by atoms with Crippen LogP contribution in [0.3, 0.4) is 0 Å². The number of hydrogen-bond donors (Lipinski definition) is 0. The molecule has 1 aromatic rings. The van der Waals surface area contributed by atoms with Gasteiger partial charge in [-0.3, -0.25) is 0 Å². The fraction of sp³-hybridized carbons (Fsp3) is 0.250. The first-order valence-electron chi connectivity index (χ1n) is 3.63. The summed E-state index contributed by atoms with van der Waals surface area (Å²) in [5.74, 6) is -5.51. The van der Waals surface area contributed by atoms with Crippen LogP contribution >= 0.6 is 0 Å². The summed E-state index contributed by atoms with van der Waals surface area (Å²) in [4.78, 5) is 0. The van der Waals surface area contributed by atoms with Gasteiger partial charge in [-0.25, -0.2) is 13.2 Å². The van der Waals surface area contributed by atoms with Gasteiger partial charge in [-0.2, -0.15) is 13.2 Å². The molecule has 0 aliphatic heterocycles. The van der Waals surface area contributed by atoms with Crippen LogP contribution in [0.15, 0.2) is 12.1 Å². The van der Waals surface area contributed by atoms with Gasteiger partial charge in [0.2, 0.25) is 0 Å². The smallest absolute Gasteiger partial charge is 0.422 e. The molecule has 0 aliphatic carbocycles. The Bertz CT molecular complexity index is 336. The lowest BCUT2D eigenvalue weighted by molar-refractivity contribution is -0.154. The first-order chi connectivity index (χ1) is 6.79. The normalized spacial score (nSPS) is 11.6. The fourth-order valence-electron chi connectivity index (χ4n) is 0.821. The van der Waals surface area contributed by atoms with Crippen LogP contribution in [-0.2, 0) is 0 Å². The molecule has 0 bridgehead atoms. The van der Waals surface area contributed by atoms with Gasteiger partial charge in [0.1, 0.15) is 5.82 Å². The molecule has 0 saturated heterocycles. The molecule has 0 aliphatic rings. The van der Waals surface area contributed by atoms with Gasteiger partial charge in [0.25, 0.3) is 0 Å². The quantitative estimate of drug-likeness (QED) is 0.709. The third-order valence-corrected chi connectivity index (χ3v) is 1.34. The lowest BCUT2D eigenvalue weighted by Crippen LogP contribution is -2.20. The topological polar surface area (TPSA) is 9.23 Å². The van der Waals surface area contributed by atoms with E-state index in [-0.39, 0.29) is 12.1 Å². The second-order valence-electron chi connectivity index (χ2n) is 2.60. The van der Waals surface area contributed by atoms with E-state index in [1.165, 1.54) is 0 Å². The van der Waals surface area contributed by atoms with E-state index < -0.39 is 36.0 Å². The summed E-state index contributed by atoms with van der Waals surface area (Å²) in [5.41, 5.74) is 0. The Kier molecular flexibility index (Phi) is 3.11. The van der Waals surface area contributed by atoms with E-state index in [2.05, 4.69) is 4.74 Å². The van der Waals surface area contributed by atoms with Crippen molar-refractivity contribution in [3.8, 4) is 5.75 Å². The summed E-state index contributed by atoms with van der Waals surface area (Å²) >= 11 is 0. The second-order valence-corrected chi connectivity index (χ2v) is 2.60. The van der Waals surface area contributed by atoms with Gasteiger partial charge in [-0.15, -0.1) is 0 Å². The van der Waals surface area contributed by atoms with Crippen molar-refractivity contribution in [3.63, 3.8) is 0 Å². The summed E-state index contributed by atoms with van der Waals surface area (Å²) in [5, 5.41) is 0. The molecule has 15 heavy (non-hydrogen) atoms. The second kappa shape index (κ2) is 4.00. The molecule has 0 amide bonds. The van der Waals surface area contributed by atoms with E-state index in [1.807, 2.05) is 0 Å². The molecule has 0 atom stereocenters. The Morgan fingerprint density at radius 1 is 1.00 bits per heavy atom. The van der Waals surface area contributed by atoms with Gasteiger partial charge >= 0.3 is 6.18 Å². The summed E-state index contributed by atoms with van der Waals surface area (Å²) in [6, 6.07) is 0.462. The van der Waals surface area contributed by atoms with E-state index in [0.29, 0.717) is 0 Å². The van der Waals surface area contributed by atoms with Crippen LogP contribution < -0.4 is 4.74 Å². The Morgan fingerprint density at radius 2 is 1.47 bits per heavy atom. The molecular weight excluding hydrogens is 226 g/mol. The highest BCUT2D eigenvalue weighted by Crippen LogP contribution is 2.25. The molecule has 0 radical (unpaired) electrons. The molecule has 84 valence electrons. The molecule has 0 spiro atoms. The average Bonchev–Trinajstić information content (AvgIpc) is 1.99. The maximum absolute atomic E-state index is 12.7. The molecule has 0 fully saturated rings. The molecule has 0 unspecified atom stereocenters. The van der Waals surface area contributed by atoms with Crippen molar-refractivity contribution >= 4 is 0 Å². The molecule has 0 aromatic heterocycles. The monoisotopic (exact) mass is 230 g/mol. The van der Waals surface area contributed by atoms with Crippen molar-refractivity contribution in [2.45, 2.75) is 6.18 Å². The molecule has 0 saturated carbocycles. The number of halogens is 6. The van der Waals surface area contributed by atoms with Crippen molar-refractivity contribution in [1.82, 2.24) is 0 Å². The van der Waals surface area contributed by atoms with Crippen LogP contribution in [0.25, 0.3) is 0 Å². The summed E-state index contributed by atoms with van der Waals surface area (Å²) < 4.78 is 76.5. The summed E-state index contributed by atoms with van der Waals surface area (Å²) in [7, 11) is 0. The van der Waals surface area contributed by atoms with Crippen LogP contribution in [0.4, 0.5) is 26.3 Å². The van der Waals surface area contributed by atoms with Crippen LogP contribution in [0.1, 0.15) is 0 Å². The predicted octanol–water partition coefficient (Wildman–Crippen LogP) is 3.05. The van der Waals surface area contributed by atoms with Gasteiger partial charge in [-0.1, -0.05) is 0 Å². The molecule has 1 aromatic carbocycles. The minimum absolute atomic E-state index is 0.231. The fourth-order valence-corrected chi connectivity index (χ4v) is 0.821. The maximum atomic E-state index is 12.7. The number of ether oxygens (including phenoxy) is 1. The van der Waals surface area contributed by atoms with E-state index in [4.69, 9.17) is 0 Å². The van der Waals surface area contributed by atoms with Crippen molar-refractivity contribution in [3.05, 3.63) is 29.6 Å². The third-order valence-electron chi connectivity index (χ3n) is 1.34. The largest absolute Gasteiger partial charge is 0.478 e. The average molecular weight is 230 g/mol. The molecule has 1 nitrogen and oxygen atoms in total. The van der Waals surface area contributed by atoms with Crippen molar-refractivity contribution in [2.24, 2.45) is 0 Å². The predicted molar refractivity (Wildman–Crippen MR) is 37.9 cm³/mol. The van der Waals surface area contributed by atoms with Gasteiger partial charge in [-0.05, 0) is 0 Å². The number of benzene rings is 1. The SMILES string of the molecule is Fc1cc(F)c(OCC(F)(F)F)c(F)c1. The maximum Gasteiger partial charge on any atom is 0.422 e. The highest BCUT2D eigenvalue weighted by atomic mass is 19.4. The van der Waals surface area contributed by atoms with Crippen molar-refractivity contribution in [1.29, 1.82) is 0 Å². The Balaban J connectivity index is 2.86. The van der Waals surface area contributed by atoms with Crippen LogP contribution in [0.5, 0.6) is 5.75 Å². The Morgan fingerprint density at radius 3 is 1.87 bits per heavy atom. The Labute approximate surface area is 80.3 Å². The Hall–Kier alpha value is -1.40. The zero-order valence-corrected chi connectivity index (χ0v) is 7.04. The molecule has 7 heteroatoms. The van der Waals surface area contributed by atoms with Crippen molar-refractivity contribution < 1.29 is 31.1 Å². The number of alkyl halides is 3. The van der Waals surface area contributed by atoms with Gasteiger partial charge in [0.05, 0.1) is 0 Å². The number of rotatable bonds is 2. The lowest BCUT2D eigenvalue weighted by Gasteiger charge is -2.10. The molecule has 1 rings (SSSR count). The van der Waals surface area contributed by atoms with E-state index in [0.717, 1.165) is 0 Å². The highest BCUT2D eigenvalue weighted by Gasteiger charge is 2.29. The van der Waals surface area contributed by atoms with Crippen molar-refractivity contribution in [2.75, 3.05) is 6.61 Å². The van der Waals surface area contributed by atoms with E-state index >= 15 is 0 Å². The molecular formula is C8H4F6O. The highest BCUT2D eigenvalue weighted by molar-refractivity contribution is 5.26. The van der Waals surface area contributed by atoms with Gasteiger partial charge in [0, 0.05) is 12.1 Å². The zero-order chi connectivity index (χ0) is 11.6.